The van der Waals surface area contributed by atoms with E-state index in [1.807, 2.05) is 0 Å². The third-order valence-corrected chi connectivity index (χ3v) is 2.61. The monoisotopic (exact) mass is 348 g/mol. The molecule has 1 aromatic heterocycles. The number of benzene rings is 1. The number of rotatable bonds is 5. The van der Waals surface area contributed by atoms with Gasteiger partial charge in [0.2, 0.25) is 5.95 Å². The van der Waals surface area contributed by atoms with E-state index in [0.717, 1.165) is 12.1 Å². The molecule has 0 unspecified atom stereocenters. The second kappa shape index (κ2) is 6.64. The van der Waals surface area contributed by atoms with Crippen LogP contribution in [-0.4, -0.2) is 27.6 Å². The van der Waals surface area contributed by atoms with Crippen LogP contribution in [0, 0.1) is 11.6 Å². The van der Waals surface area contributed by atoms with E-state index in [4.69, 9.17) is 5.11 Å². The number of anilines is 3. The number of hydrogen-bond acceptors (Lipinski definition) is 5. The average molecular weight is 348 g/mol. The van der Waals surface area contributed by atoms with Crippen molar-refractivity contribution < 1.29 is 31.9 Å². The molecule has 0 aliphatic rings. The SMILES string of the molecule is O=C(O)CNc1nc(Nc2ccc(F)cc2F)cc(C(F)(F)F)n1. The molecule has 2 aromatic rings. The highest BCUT2D eigenvalue weighted by atomic mass is 19.4. The maximum absolute atomic E-state index is 13.6. The quantitative estimate of drug-likeness (QED) is 0.720. The van der Waals surface area contributed by atoms with Gasteiger partial charge in [-0.15, -0.1) is 0 Å². The Morgan fingerprint density at radius 3 is 2.46 bits per heavy atom. The molecule has 0 bridgehead atoms. The maximum atomic E-state index is 13.6. The normalized spacial score (nSPS) is 11.2. The fraction of sp³-hybridized carbons (Fsp3) is 0.154. The van der Waals surface area contributed by atoms with Crippen molar-refractivity contribution in [2.24, 2.45) is 0 Å². The largest absolute Gasteiger partial charge is 0.480 e. The van der Waals surface area contributed by atoms with Crippen LogP contribution in [0.4, 0.5) is 39.4 Å². The van der Waals surface area contributed by atoms with Crippen molar-refractivity contribution in [3.8, 4) is 0 Å². The van der Waals surface area contributed by atoms with E-state index in [9.17, 15) is 26.7 Å². The number of aromatic nitrogens is 2. The second-order valence-corrected chi connectivity index (χ2v) is 4.46. The summed E-state index contributed by atoms with van der Waals surface area (Å²) in [7, 11) is 0. The van der Waals surface area contributed by atoms with Crippen molar-refractivity contribution in [2.75, 3.05) is 17.2 Å². The molecule has 3 N–H and O–H groups in total. The third-order valence-electron chi connectivity index (χ3n) is 2.61. The van der Waals surface area contributed by atoms with Gasteiger partial charge in [-0.2, -0.15) is 18.2 Å². The molecule has 11 heteroatoms. The van der Waals surface area contributed by atoms with E-state index in [2.05, 4.69) is 20.6 Å². The van der Waals surface area contributed by atoms with E-state index in [1.54, 1.807) is 0 Å². The van der Waals surface area contributed by atoms with Gasteiger partial charge in [-0.05, 0) is 12.1 Å². The summed E-state index contributed by atoms with van der Waals surface area (Å²) in [5.74, 6) is -4.30. The number of alkyl halides is 3. The van der Waals surface area contributed by atoms with Gasteiger partial charge < -0.3 is 15.7 Å². The Labute approximate surface area is 131 Å². The molecular weight excluding hydrogens is 339 g/mol. The van der Waals surface area contributed by atoms with E-state index < -0.39 is 47.8 Å². The molecule has 0 amide bonds. The summed E-state index contributed by atoms with van der Waals surface area (Å²) in [6, 6.07) is 2.93. The standard InChI is InChI=1S/C13H9F5N4O2/c14-6-1-2-8(7(15)3-6)20-10-4-9(13(16,17)18)21-12(22-10)19-5-11(23)24/h1-4H,5H2,(H,23,24)(H2,19,20,21,22). The second-order valence-electron chi connectivity index (χ2n) is 4.46. The minimum Gasteiger partial charge on any atom is -0.480 e. The van der Waals surface area contributed by atoms with Crippen LogP contribution in [0.2, 0.25) is 0 Å². The van der Waals surface area contributed by atoms with Gasteiger partial charge in [0.15, 0.2) is 5.69 Å². The number of carbonyl (C=O) groups is 1. The number of aliphatic carboxylic acids is 1. The van der Waals surface area contributed by atoms with Crippen molar-refractivity contribution in [1.29, 1.82) is 0 Å². The Bertz CT molecular complexity index is 767. The number of halogens is 5. The Morgan fingerprint density at radius 1 is 1.17 bits per heavy atom. The zero-order valence-corrected chi connectivity index (χ0v) is 11.7. The lowest BCUT2D eigenvalue weighted by Crippen LogP contribution is -2.17. The molecule has 24 heavy (non-hydrogen) atoms. The highest BCUT2D eigenvalue weighted by Gasteiger charge is 2.34. The van der Waals surface area contributed by atoms with E-state index in [0.29, 0.717) is 12.1 Å². The fourth-order valence-corrected chi connectivity index (χ4v) is 1.62. The molecule has 0 aliphatic carbocycles. The Hall–Kier alpha value is -2.98. The van der Waals surface area contributed by atoms with Crippen LogP contribution >= 0.6 is 0 Å². The van der Waals surface area contributed by atoms with Gasteiger partial charge >= 0.3 is 12.1 Å². The van der Waals surface area contributed by atoms with Crippen LogP contribution in [0.1, 0.15) is 5.69 Å². The molecule has 0 atom stereocenters. The fourth-order valence-electron chi connectivity index (χ4n) is 1.62. The molecule has 2 rings (SSSR count). The zero-order chi connectivity index (χ0) is 17.9. The molecule has 128 valence electrons. The van der Waals surface area contributed by atoms with Crippen LogP contribution in [0.5, 0.6) is 0 Å². The van der Waals surface area contributed by atoms with E-state index in [1.165, 1.54) is 0 Å². The predicted octanol–water partition coefficient (Wildman–Crippen LogP) is 3.01. The van der Waals surface area contributed by atoms with Crippen molar-refractivity contribution in [1.82, 2.24) is 9.97 Å². The summed E-state index contributed by atoms with van der Waals surface area (Å²) >= 11 is 0. The van der Waals surface area contributed by atoms with Crippen LogP contribution in [0.3, 0.4) is 0 Å². The van der Waals surface area contributed by atoms with Crippen LogP contribution in [0.25, 0.3) is 0 Å². The topological polar surface area (TPSA) is 87.1 Å². The molecule has 1 aromatic carbocycles. The number of carboxylic acids is 1. The summed E-state index contributed by atoms with van der Waals surface area (Å²) in [5, 5.41) is 12.9. The lowest BCUT2D eigenvalue weighted by molar-refractivity contribution is -0.141. The average Bonchev–Trinajstić information content (AvgIpc) is 2.47. The van der Waals surface area contributed by atoms with Gasteiger partial charge in [-0.25, -0.2) is 13.8 Å². The molecule has 0 aliphatic heterocycles. The molecular formula is C13H9F5N4O2. The summed E-state index contributed by atoms with van der Waals surface area (Å²) < 4.78 is 64.9. The molecule has 0 saturated heterocycles. The third kappa shape index (κ3) is 4.51. The minimum atomic E-state index is -4.83. The number of carboxylic acid groups (broad SMARTS) is 1. The van der Waals surface area contributed by atoms with Gasteiger partial charge in [-0.1, -0.05) is 0 Å². The summed E-state index contributed by atoms with van der Waals surface area (Å²) in [6.07, 6.45) is -4.83. The number of nitrogens with one attached hydrogen (secondary N) is 2. The molecule has 1 heterocycles. The highest BCUT2D eigenvalue weighted by Crippen LogP contribution is 2.30. The Balaban J connectivity index is 2.36. The highest BCUT2D eigenvalue weighted by molar-refractivity contribution is 5.72. The number of nitrogens with zero attached hydrogens (tertiary/aromatic N) is 2. The molecule has 6 nitrogen and oxygen atoms in total. The lowest BCUT2D eigenvalue weighted by Gasteiger charge is -2.12. The predicted molar refractivity (Wildman–Crippen MR) is 72.8 cm³/mol. The first-order valence-corrected chi connectivity index (χ1v) is 6.29. The van der Waals surface area contributed by atoms with Crippen LogP contribution in [0.15, 0.2) is 24.3 Å². The van der Waals surface area contributed by atoms with Gasteiger partial charge in [0.05, 0.1) is 5.69 Å². The number of hydrogen-bond donors (Lipinski definition) is 3. The molecule has 0 fully saturated rings. The molecule has 0 radical (unpaired) electrons. The lowest BCUT2D eigenvalue weighted by atomic mass is 10.3. The van der Waals surface area contributed by atoms with Crippen molar-refractivity contribution >= 4 is 23.4 Å². The summed E-state index contributed by atoms with van der Waals surface area (Å²) in [5.41, 5.74) is -1.68. The van der Waals surface area contributed by atoms with Gasteiger partial charge in [-0.3, -0.25) is 4.79 Å². The van der Waals surface area contributed by atoms with Crippen molar-refractivity contribution in [2.45, 2.75) is 6.18 Å². The Morgan fingerprint density at radius 2 is 1.88 bits per heavy atom. The summed E-state index contributed by atoms with van der Waals surface area (Å²) in [4.78, 5) is 17.2. The van der Waals surface area contributed by atoms with Gasteiger partial charge in [0.1, 0.15) is 24.0 Å². The van der Waals surface area contributed by atoms with Gasteiger partial charge in [0, 0.05) is 12.1 Å². The first kappa shape index (κ1) is 17.4. The van der Waals surface area contributed by atoms with Crippen LogP contribution < -0.4 is 10.6 Å². The smallest absolute Gasteiger partial charge is 0.433 e. The first-order valence-electron chi connectivity index (χ1n) is 6.29. The Kier molecular flexibility index (Phi) is 4.81. The molecule has 0 saturated carbocycles. The van der Waals surface area contributed by atoms with Gasteiger partial charge in [0.25, 0.3) is 0 Å². The molecule has 0 spiro atoms. The van der Waals surface area contributed by atoms with Crippen LogP contribution in [-0.2, 0) is 11.0 Å². The summed E-state index contributed by atoms with van der Waals surface area (Å²) in [6.45, 7) is -0.717. The maximum Gasteiger partial charge on any atom is 0.433 e. The zero-order valence-electron chi connectivity index (χ0n) is 11.7. The van der Waals surface area contributed by atoms with Crippen molar-refractivity contribution in [3.63, 3.8) is 0 Å². The van der Waals surface area contributed by atoms with E-state index >= 15 is 0 Å². The van der Waals surface area contributed by atoms with E-state index in [-0.39, 0.29) is 5.69 Å². The minimum absolute atomic E-state index is 0.313. The first-order chi connectivity index (χ1) is 11.1. The van der Waals surface area contributed by atoms with Crippen molar-refractivity contribution in [3.05, 3.63) is 41.6 Å².